The summed E-state index contributed by atoms with van der Waals surface area (Å²) in [6, 6.07) is 21.1. The minimum absolute atomic E-state index is 0.216. The van der Waals surface area contributed by atoms with Crippen LogP contribution in [0.3, 0.4) is 0 Å². The standard InChI is InChI=1S/C24H22N4O3S/c29-32(30,20-12-10-19(11-13-20)26-14-5-16-27-17-15-25-18-27)28-21-6-1-3-8-23(21)31-24-9-4-2-7-22(24)28/h1-4,6-13,15,17-18,26H,5,14,16H2. The van der Waals surface area contributed by atoms with E-state index in [9.17, 15) is 8.42 Å². The molecule has 0 fully saturated rings. The molecule has 1 aromatic heterocycles. The molecule has 3 aromatic carbocycles. The first-order chi connectivity index (χ1) is 15.6. The molecule has 0 amide bonds. The molecule has 1 N–H and O–H groups in total. The van der Waals surface area contributed by atoms with Gasteiger partial charge < -0.3 is 14.6 Å². The molecule has 0 unspecified atom stereocenters. The van der Waals surface area contributed by atoms with Gasteiger partial charge in [0.2, 0.25) is 0 Å². The Morgan fingerprint density at radius 3 is 2.16 bits per heavy atom. The minimum Gasteiger partial charge on any atom is -0.453 e. The summed E-state index contributed by atoms with van der Waals surface area (Å²) in [7, 11) is -3.85. The van der Waals surface area contributed by atoms with E-state index in [1.165, 1.54) is 4.31 Å². The third-order valence-corrected chi connectivity index (χ3v) is 7.00. The number of hydrogen-bond donors (Lipinski definition) is 1. The van der Waals surface area contributed by atoms with Gasteiger partial charge in [0.25, 0.3) is 10.0 Å². The van der Waals surface area contributed by atoms with E-state index in [0.717, 1.165) is 25.2 Å². The van der Waals surface area contributed by atoms with E-state index in [1.54, 1.807) is 73.2 Å². The Labute approximate surface area is 187 Å². The number of benzene rings is 3. The Morgan fingerprint density at radius 1 is 0.875 bits per heavy atom. The lowest BCUT2D eigenvalue weighted by Crippen LogP contribution is -2.28. The van der Waals surface area contributed by atoms with Gasteiger partial charge in [-0.2, -0.15) is 0 Å². The smallest absolute Gasteiger partial charge is 0.268 e. The molecule has 162 valence electrons. The molecule has 0 atom stereocenters. The zero-order valence-electron chi connectivity index (χ0n) is 17.3. The Hall–Kier alpha value is -3.78. The van der Waals surface area contributed by atoms with Gasteiger partial charge in [-0.15, -0.1) is 0 Å². The molecule has 0 aliphatic carbocycles. The quantitative estimate of drug-likeness (QED) is 0.404. The summed E-state index contributed by atoms with van der Waals surface area (Å²) >= 11 is 0. The van der Waals surface area contributed by atoms with Crippen LogP contribution in [0, 0.1) is 0 Å². The predicted octanol–water partition coefficient (Wildman–Crippen LogP) is 5.02. The first kappa shape index (κ1) is 20.1. The number of nitrogens with zero attached hydrogens (tertiary/aromatic N) is 3. The fourth-order valence-corrected chi connectivity index (χ4v) is 5.20. The van der Waals surface area contributed by atoms with Gasteiger partial charge in [-0.05, 0) is 55.0 Å². The Kier molecular flexibility index (Phi) is 5.28. The van der Waals surface area contributed by atoms with Crippen molar-refractivity contribution in [3.63, 3.8) is 0 Å². The number of imidazole rings is 1. The van der Waals surface area contributed by atoms with Gasteiger partial charge in [-0.25, -0.2) is 17.7 Å². The van der Waals surface area contributed by atoms with Crippen LogP contribution in [0.15, 0.2) is 96.4 Å². The zero-order valence-corrected chi connectivity index (χ0v) is 18.1. The molecule has 0 bridgehead atoms. The third-order valence-electron chi connectivity index (χ3n) is 5.26. The van der Waals surface area contributed by atoms with E-state index < -0.39 is 10.0 Å². The SMILES string of the molecule is O=S(=O)(c1ccc(NCCCn2ccnc2)cc1)N1c2ccccc2Oc2ccccc21. The molecule has 0 saturated heterocycles. The highest BCUT2D eigenvalue weighted by molar-refractivity contribution is 7.93. The van der Waals surface area contributed by atoms with Gasteiger partial charge in [-0.3, -0.25) is 0 Å². The Bertz CT molecular complexity index is 1270. The molecule has 0 radical (unpaired) electrons. The van der Waals surface area contributed by atoms with Crippen LogP contribution in [0.2, 0.25) is 0 Å². The molecule has 8 heteroatoms. The summed E-state index contributed by atoms with van der Waals surface area (Å²) in [6.45, 7) is 1.64. The van der Waals surface area contributed by atoms with Gasteiger partial charge in [0.05, 0.1) is 11.2 Å². The molecule has 32 heavy (non-hydrogen) atoms. The lowest BCUT2D eigenvalue weighted by Gasteiger charge is -2.31. The minimum atomic E-state index is -3.85. The molecule has 1 aliphatic heterocycles. The number of anilines is 3. The number of fused-ring (bicyclic) bond motifs is 2. The van der Waals surface area contributed by atoms with Crippen molar-refractivity contribution in [3.8, 4) is 11.5 Å². The molecule has 7 nitrogen and oxygen atoms in total. The lowest BCUT2D eigenvalue weighted by atomic mass is 10.2. The molecule has 5 rings (SSSR count). The third kappa shape index (κ3) is 3.80. The van der Waals surface area contributed by atoms with Crippen LogP contribution in [-0.2, 0) is 16.6 Å². The number of aromatic nitrogens is 2. The van der Waals surface area contributed by atoms with E-state index in [1.807, 2.05) is 22.9 Å². The summed E-state index contributed by atoms with van der Waals surface area (Å²) in [6.07, 6.45) is 6.42. The number of aryl methyl sites for hydroxylation is 1. The molecular formula is C24H22N4O3S. The van der Waals surface area contributed by atoms with Crippen LogP contribution in [0.4, 0.5) is 17.1 Å². The highest BCUT2D eigenvalue weighted by atomic mass is 32.2. The summed E-state index contributed by atoms with van der Waals surface area (Å²) in [4.78, 5) is 4.25. The number of para-hydroxylation sites is 4. The monoisotopic (exact) mass is 446 g/mol. The maximum atomic E-state index is 13.7. The Balaban J connectivity index is 1.37. The number of rotatable bonds is 7. The lowest BCUT2D eigenvalue weighted by molar-refractivity contribution is 0.476. The number of ether oxygens (including phenoxy) is 1. The van der Waals surface area contributed by atoms with E-state index in [0.29, 0.717) is 22.9 Å². The van der Waals surface area contributed by atoms with E-state index in [4.69, 9.17) is 4.74 Å². The summed E-state index contributed by atoms with van der Waals surface area (Å²) in [5.74, 6) is 1.01. The van der Waals surface area contributed by atoms with Crippen molar-refractivity contribution < 1.29 is 13.2 Å². The fourth-order valence-electron chi connectivity index (χ4n) is 3.69. The van der Waals surface area contributed by atoms with Crippen LogP contribution in [-0.4, -0.2) is 24.5 Å². The van der Waals surface area contributed by atoms with Gasteiger partial charge in [0.1, 0.15) is 11.4 Å². The molecular weight excluding hydrogens is 424 g/mol. The summed E-state index contributed by atoms with van der Waals surface area (Å²) < 4.78 is 36.6. The normalized spacial score (nSPS) is 12.6. The molecule has 4 aromatic rings. The summed E-state index contributed by atoms with van der Waals surface area (Å²) in [5.41, 5.74) is 1.86. The molecule has 0 saturated carbocycles. The second-order valence-corrected chi connectivity index (χ2v) is 9.20. The molecule has 1 aliphatic rings. The van der Waals surface area contributed by atoms with Gasteiger partial charge in [0.15, 0.2) is 11.5 Å². The van der Waals surface area contributed by atoms with Crippen LogP contribution >= 0.6 is 0 Å². The van der Waals surface area contributed by atoms with Crippen LogP contribution in [0.1, 0.15) is 6.42 Å². The zero-order chi connectivity index (χ0) is 22.0. The van der Waals surface area contributed by atoms with Gasteiger partial charge >= 0.3 is 0 Å². The van der Waals surface area contributed by atoms with Crippen molar-refractivity contribution in [1.82, 2.24) is 9.55 Å². The van der Waals surface area contributed by atoms with E-state index in [-0.39, 0.29) is 4.90 Å². The first-order valence-corrected chi connectivity index (χ1v) is 11.8. The average molecular weight is 447 g/mol. The van der Waals surface area contributed by atoms with Crippen LogP contribution < -0.4 is 14.4 Å². The number of sulfonamides is 1. The van der Waals surface area contributed by atoms with Crippen molar-refractivity contribution in [1.29, 1.82) is 0 Å². The van der Waals surface area contributed by atoms with Crippen LogP contribution in [0.25, 0.3) is 0 Å². The average Bonchev–Trinajstić information content (AvgIpc) is 3.34. The first-order valence-electron chi connectivity index (χ1n) is 10.3. The maximum Gasteiger partial charge on any atom is 0.268 e. The molecule has 0 spiro atoms. The number of hydrogen-bond acceptors (Lipinski definition) is 5. The summed E-state index contributed by atoms with van der Waals surface area (Å²) in [5, 5.41) is 3.33. The van der Waals surface area contributed by atoms with Gasteiger partial charge in [-0.1, -0.05) is 24.3 Å². The van der Waals surface area contributed by atoms with Crippen molar-refractivity contribution in [2.45, 2.75) is 17.9 Å². The van der Waals surface area contributed by atoms with Crippen LogP contribution in [0.5, 0.6) is 11.5 Å². The van der Waals surface area contributed by atoms with E-state index >= 15 is 0 Å². The fraction of sp³-hybridized carbons (Fsp3) is 0.125. The predicted molar refractivity (Wildman–Crippen MR) is 124 cm³/mol. The van der Waals surface area contributed by atoms with Crippen molar-refractivity contribution in [2.75, 3.05) is 16.2 Å². The van der Waals surface area contributed by atoms with E-state index in [2.05, 4.69) is 10.3 Å². The highest BCUT2D eigenvalue weighted by Crippen LogP contribution is 2.48. The van der Waals surface area contributed by atoms with Crippen molar-refractivity contribution in [2.24, 2.45) is 0 Å². The second-order valence-electron chi connectivity index (χ2n) is 7.41. The highest BCUT2D eigenvalue weighted by Gasteiger charge is 2.34. The van der Waals surface area contributed by atoms with Crippen molar-refractivity contribution >= 4 is 27.1 Å². The largest absolute Gasteiger partial charge is 0.453 e. The molecule has 2 heterocycles. The van der Waals surface area contributed by atoms with Crippen molar-refractivity contribution in [3.05, 3.63) is 91.5 Å². The maximum absolute atomic E-state index is 13.7. The number of nitrogens with one attached hydrogen (secondary N) is 1. The second kappa shape index (κ2) is 8.39. The van der Waals surface area contributed by atoms with Gasteiger partial charge in [0, 0.05) is 31.2 Å². The Morgan fingerprint density at radius 2 is 1.53 bits per heavy atom. The topological polar surface area (TPSA) is 76.5 Å².